The first-order valence-corrected chi connectivity index (χ1v) is 12.4. The van der Waals surface area contributed by atoms with Crippen LogP contribution in [0.5, 0.6) is 0 Å². The summed E-state index contributed by atoms with van der Waals surface area (Å²) in [4.78, 5) is 21.3. The molecule has 172 valence electrons. The van der Waals surface area contributed by atoms with Crippen LogP contribution in [0.3, 0.4) is 0 Å². The molecule has 2 heterocycles. The van der Waals surface area contributed by atoms with Crippen LogP contribution in [-0.2, 0) is 16.4 Å². The molecule has 0 fully saturated rings. The van der Waals surface area contributed by atoms with E-state index < -0.39 is 15.7 Å². The molecular formula is C26H22FN3O3S. The van der Waals surface area contributed by atoms with E-state index in [1.807, 2.05) is 6.07 Å². The Morgan fingerprint density at radius 3 is 2.47 bits per heavy atom. The van der Waals surface area contributed by atoms with Crippen LogP contribution in [0, 0.1) is 12.7 Å². The third-order valence-electron chi connectivity index (χ3n) is 5.34. The largest absolute Gasteiger partial charge is 0.346 e. The number of aryl methyl sites for hydroxylation is 1. The number of hydrogen-bond donors (Lipinski definition) is 1. The van der Waals surface area contributed by atoms with Crippen molar-refractivity contribution in [3.05, 3.63) is 102 Å². The van der Waals surface area contributed by atoms with E-state index in [2.05, 4.69) is 15.3 Å². The molecule has 0 unspecified atom stereocenters. The highest BCUT2D eigenvalue weighted by molar-refractivity contribution is 7.90. The lowest BCUT2D eigenvalue weighted by molar-refractivity contribution is 0.0950. The quantitative estimate of drug-likeness (QED) is 0.441. The van der Waals surface area contributed by atoms with Crippen LogP contribution >= 0.6 is 0 Å². The lowest BCUT2D eigenvalue weighted by Gasteiger charge is -2.10. The van der Waals surface area contributed by atoms with Crippen molar-refractivity contribution in [1.82, 2.24) is 15.3 Å². The maximum atomic E-state index is 14.4. The molecule has 0 spiro atoms. The topological polar surface area (TPSA) is 89.0 Å². The lowest BCUT2D eigenvalue weighted by atomic mass is 10.0. The number of nitrogens with one attached hydrogen (secondary N) is 1. The summed E-state index contributed by atoms with van der Waals surface area (Å²) in [5.41, 5.74) is 3.96. The zero-order valence-corrected chi connectivity index (χ0v) is 19.4. The number of benzene rings is 2. The second-order valence-electron chi connectivity index (χ2n) is 7.88. The number of nitrogens with zero attached hydrogens (tertiary/aromatic N) is 2. The molecule has 0 saturated carbocycles. The number of amides is 1. The fourth-order valence-electron chi connectivity index (χ4n) is 3.59. The van der Waals surface area contributed by atoms with Crippen molar-refractivity contribution < 1.29 is 17.6 Å². The Bertz CT molecular complexity index is 1470. The van der Waals surface area contributed by atoms with Crippen molar-refractivity contribution in [2.45, 2.75) is 18.4 Å². The molecule has 6 nitrogen and oxygen atoms in total. The molecular weight excluding hydrogens is 453 g/mol. The fraction of sp³-hybridized carbons (Fsp3) is 0.115. The highest BCUT2D eigenvalue weighted by Crippen LogP contribution is 2.28. The Morgan fingerprint density at radius 1 is 0.941 bits per heavy atom. The van der Waals surface area contributed by atoms with Crippen molar-refractivity contribution in [3.63, 3.8) is 0 Å². The average Bonchev–Trinajstić information content (AvgIpc) is 2.83. The van der Waals surface area contributed by atoms with Gasteiger partial charge in [-0.15, -0.1) is 0 Å². The van der Waals surface area contributed by atoms with E-state index in [0.29, 0.717) is 22.5 Å². The molecule has 0 bridgehead atoms. The Kier molecular flexibility index (Phi) is 6.51. The molecule has 34 heavy (non-hydrogen) atoms. The van der Waals surface area contributed by atoms with Crippen molar-refractivity contribution in [3.8, 4) is 22.4 Å². The minimum Gasteiger partial charge on any atom is -0.346 e. The summed E-state index contributed by atoms with van der Waals surface area (Å²) in [5, 5.41) is 2.77. The van der Waals surface area contributed by atoms with Gasteiger partial charge in [0.2, 0.25) is 0 Å². The molecule has 2 aromatic carbocycles. The normalized spacial score (nSPS) is 11.3. The van der Waals surface area contributed by atoms with Crippen LogP contribution in [0.15, 0.2) is 84.0 Å². The molecule has 1 amide bonds. The van der Waals surface area contributed by atoms with Gasteiger partial charge in [0.05, 0.1) is 22.8 Å². The average molecular weight is 476 g/mol. The number of pyridine rings is 2. The molecule has 4 aromatic rings. The number of rotatable bonds is 6. The monoisotopic (exact) mass is 475 g/mol. The summed E-state index contributed by atoms with van der Waals surface area (Å²) in [6.07, 6.45) is 4.34. The second-order valence-corrected chi connectivity index (χ2v) is 9.86. The van der Waals surface area contributed by atoms with Crippen molar-refractivity contribution in [2.24, 2.45) is 0 Å². The summed E-state index contributed by atoms with van der Waals surface area (Å²) < 4.78 is 38.3. The first-order valence-electron chi connectivity index (χ1n) is 10.5. The van der Waals surface area contributed by atoms with Crippen LogP contribution in [0.4, 0.5) is 4.39 Å². The second kappa shape index (κ2) is 9.52. The first-order chi connectivity index (χ1) is 16.2. The molecule has 4 rings (SSSR count). The van der Waals surface area contributed by atoms with E-state index in [1.54, 1.807) is 67.8 Å². The van der Waals surface area contributed by atoms with Gasteiger partial charge in [0.1, 0.15) is 5.82 Å². The minimum atomic E-state index is -3.44. The van der Waals surface area contributed by atoms with Gasteiger partial charge in [-0.05, 0) is 72.1 Å². The van der Waals surface area contributed by atoms with Gasteiger partial charge in [0.15, 0.2) is 9.84 Å². The molecule has 0 aliphatic carbocycles. The lowest BCUT2D eigenvalue weighted by Crippen LogP contribution is -2.23. The van der Waals surface area contributed by atoms with E-state index >= 15 is 0 Å². The van der Waals surface area contributed by atoms with Crippen LogP contribution in [0.1, 0.15) is 21.6 Å². The third-order valence-corrected chi connectivity index (χ3v) is 6.58. The van der Waals surface area contributed by atoms with Crippen LogP contribution in [0.2, 0.25) is 0 Å². The highest BCUT2D eigenvalue weighted by Gasteiger charge is 2.15. The van der Waals surface area contributed by atoms with E-state index in [-0.39, 0.29) is 22.8 Å². The van der Waals surface area contributed by atoms with Crippen molar-refractivity contribution in [2.75, 3.05) is 6.26 Å². The van der Waals surface area contributed by atoms with E-state index in [9.17, 15) is 17.6 Å². The van der Waals surface area contributed by atoms with Gasteiger partial charge >= 0.3 is 0 Å². The van der Waals surface area contributed by atoms with Crippen LogP contribution in [0.25, 0.3) is 22.4 Å². The molecule has 8 heteroatoms. The van der Waals surface area contributed by atoms with Crippen molar-refractivity contribution in [1.29, 1.82) is 0 Å². The number of carbonyl (C=O) groups is 1. The fourth-order valence-corrected chi connectivity index (χ4v) is 4.59. The number of sulfone groups is 1. The zero-order chi connectivity index (χ0) is 24.3. The van der Waals surface area contributed by atoms with Gasteiger partial charge < -0.3 is 5.32 Å². The van der Waals surface area contributed by atoms with Gasteiger partial charge in [0.25, 0.3) is 5.91 Å². The molecule has 0 radical (unpaired) electrons. The van der Waals surface area contributed by atoms with Gasteiger partial charge in [-0.1, -0.05) is 18.2 Å². The predicted octanol–water partition coefficient (Wildman–Crippen LogP) is 4.59. The number of aromatic nitrogens is 2. The zero-order valence-electron chi connectivity index (χ0n) is 18.6. The molecule has 1 N–H and O–H groups in total. The van der Waals surface area contributed by atoms with Crippen molar-refractivity contribution >= 4 is 15.7 Å². The van der Waals surface area contributed by atoms with Crippen LogP contribution < -0.4 is 5.32 Å². The summed E-state index contributed by atoms with van der Waals surface area (Å²) in [6.45, 7) is 1.82. The number of carbonyl (C=O) groups excluding carboxylic acids is 1. The van der Waals surface area contributed by atoms with Gasteiger partial charge in [-0.2, -0.15) is 0 Å². The SMILES string of the molecule is Cc1ccc(C(=O)NCc2cc(-c3ccc(F)c(-c4ccccn4)c3)ccn2)cc1S(C)(=O)=O. The molecule has 0 aliphatic heterocycles. The summed E-state index contributed by atoms with van der Waals surface area (Å²) in [7, 11) is -3.44. The number of hydrogen-bond acceptors (Lipinski definition) is 5. The minimum absolute atomic E-state index is 0.125. The van der Waals surface area contributed by atoms with Gasteiger partial charge in [-0.3, -0.25) is 14.8 Å². The molecule has 0 atom stereocenters. The molecule has 0 aliphatic rings. The Balaban J connectivity index is 1.54. The maximum Gasteiger partial charge on any atom is 0.251 e. The van der Waals surface area contributed by atoms with E-state index in [0.717, 1.165) is 17.4 Å². The highest BCUT2D eigenvalue weighted by atomic mass is 32.2. The Morgan fingerprint density at radius 2 is 1.74 bits per heavy atom. The van der Waals surface area contributed by atoms with Crippen LogP contribution in [-0.4, -0.2) is 30.5 Å². The standard InChI is InChI=1S/C26H22FN3O3S/c1-17-6-7-20(15-25(17)34(2,32)33)26(31)30-16-21-13-19(10-12-28-21)18-8-9-23(27)22(14-18)24-5-3-4-11-29-24/h3-15H,16H2,1-2H3,(H,30,31). The Hall–Kier alpha value is -3.91. The van der Waals surface area contributed by atoms with Gasteiger partial charge in [0, 0.05) is 29.8 Å². The Labute approximate surface area is 197 Å². The van der Waals surface area contributed by atoms with Gasteiger partial charge in [-0.25, -0.2) is 12.8 Å². The molecule has 0 saturated heterocycles. The first kappa shape index (κ1) is 23.3. The van der Waals surface area contributed by atoms with E-state index in [4.69, 9.17) is 0 Å². The van der Waals surface area contributed by atoms with E-state index in [1.165, 1.54) is 12.1 Å². The third kappa shape index (κ3) is 5.18. The summed E-state index contributed by atoms with van der Waals surface area (Å²) in [6, 6.07) is 18.3. The summed E-state index contributed by atoms with van der Waals surface area (Å²) in [5.74, 6) is -0.771. The molecule has 2 aromatic heterocycles. The number of halogens is 1. The smallest absolute Gasteiger partial charge is 0.251 e. The summed E-state index contributed by atoms with van der Waals surface area (Å²) >= 11 is 0. The predicted molar refractivity (Wildman–Crippen MR) is 128 cm³/mol. The maximum absolute atomic E-state index is 14.4.